The summed E-state index contributed by atoms with van der Waals surface area (Å²) in [5, 5.41) is 14.8. The molecule has 4 amide bonds. The van der Waals surface area contributed by atoms with Gasteiger partial charge in [-0.3, -0.25) is 14.5 Å². The van der Waals surface area contributed by atoms with Crippen LogP contribution in [0.1, 0.15) is 38.7 Å². The zero-order valence-electron chi connectivity index (χ0n) is 16.9. The second-order valence-corrected chi connectivity index (χ2v) is 8.14. The lowest BCUT2D eigenvalue weighted by Crippen LogP contribution is -2.51. The first kappa shape index (κ1) is 20.6. The van der Waals surface area contributed by atoms with Gasteiger partial charge in [0.25, 0.3) is 5.91 Å². The molecule has 2 fully saturated rings. The van der Waals surface area contributed by atoms with E-state index in [1.807, 2.05) is 24.3 Å². The second-order valence-electron chi connectivity index (χ2n) is 8.14. The predicted molar refractivity (Wildman–Crippen MR) is 105 cm³/mol. The maximum Gasteiger partial charge on any atom is 0.325 e. The Labute approximate surface area is 170 Å². The predicted octanol–water partition coefficient (Wildman–Crippen LogP) is 1.75. The van der Waals surface area contributed by atoms with Crippen molar-refractivity contribution in [3.05, 3.63) is 29.8 Å². The van der Waals surface area contributed by atoms with Gasteiger partial charge in [-0.25, -0.2) is 4.79 Å². The lowest BCUT2D eigenvalue weighted by molar-refractivity contribution is -0.135. The molecule has 1 aliphatic heterocycles. The second kappa shape index (κ2) is 7.74. The van der Waals surface area contributed by atoms with Crippen molar-refractivity contribution in [1.82, 2.24) is 15.5 Å². The van der Waals surface area contributed by atoms with Crippen LogP contribution in [-0.2, 0) is 16.0 Å². The fourth-order valence-corrected chi connectivity index (χ4v) is 3.60. The Bertz CT molecular complexity index is 858. The molecule has 2 aliphatic rings. The van der Waals surface area contributed by atoms with Crippen molar-refractivity contribution in [2.75, 3.05) is 13.7 Å². The van der Waals surface area contributed by atoms with E-state index in [9.17, 15) is 19.6 Å². The van der Waals surface area contributed by atoms with E-state index in [4.69, 9.17) is 4.74 Å². The van der Waals surface area contributed by atoms with Crippen LogP contribution in [0.2, 0.25) is 0 Å². The van der Waals surface area contributed by atoms with Gasteiger partial charge in [-0.15, -0.1) is 0 Å². The fraction of sp³-hybridized carbons (Fsp3) is 0.524. The number of hydrogen-bond donors (Lipinski definition) is 2. The average molecular weight is 398 g/mol. The minimum atomic E-state index is -1.08. The van der Waals surface area contributed by atoms with Gasteiger partial charge in [-0.2, -0.15) is 5.26 Å². The Morgan fingerprint density at radius 1 is 1.38 bits per heavy atom. The number of rotatable bonds is 8. The minimum Gasteiger partial charge on any atom is -0.497 e. The first-order valence-corrected chi connectivity index (χ1v) is 9.70. The number of urea groups is 1. The largest absolute Gasteiger partial charge is 0.497 e. The molecule has 2 N–H and O–H groups in total. The molecule has 29 heavy (non-hydrogen) atoms. The van der Waals surface area contributed by atoms with Crippen molar-refractivity contribution in [3.8, 4) is 11.8 Å². The summed E-state index contributed by atoms with van der Waals surface area (Å²) in [4.78, 5) is 38.5. The van der Waals surface area contributed by atoms with Gasteiger partial charge < -0.3 is 15.4 Å². The molecule has 1 aromatic carbocycles. The van der Waals surface area contributed by atoms with Crippen LogP contribution < -0.4 is 15.4 Å². The maximum absolute atomic E-state index is 12.9. The van der Waals surface area contributed by atoms with Crippen LogP contribution in [-0.4, -0.2) is 47.5 Å². The molecule has 1 aromatic rings. The van der Waals surface area contributed by atoms with E-state index < -0.39 is 35.5 Å². The highest BCUT2D eigenvalue weighted by atomic mass is 16.5. The highest BCUT2D eigenvalue weighted by molar-refractivity contribution is 6.08. The van der Waals surface area contributed by atoms with E-state index in [1.165, 1.54) is 0 Å². The molecule has 8 heteroatoms. The number of nitrogens with one attached hydrogen (secondary N) is 2. The molecule has 0 radical (unpaired) electrons. The van der Waals surface area contributed by atoms with Crippen molar-refractivity contribution in [1.29, 1.82) is 5.26 Å². The molecular formula is C21H26N4O4. The van der Waals surface area contributed by atoms with Gasteiger partial charge in [0, 0.05) is 0 Å². The Kier molecular flexibility index (Phi) is 5.51. The molecule has 1 saturated carbocycles. The molecule has 0 spiro atoms. The molecular weight excluding hydrogens is 372 g/mol. The van der Waals surface area contributed by atoms with E-state index in [1.54, 1.807) is 21.0 Å². The first-order valence-electron chi connectivity index (χ1n) is 9.70. The number of benzene rings is 1. The monoisotopic (exact) mass is 398 g/mol. The van der Waals surface area contributed by atoms with E-state index in [0.29, 0.717) is 12.8 Å². The molecule has 0 unspecified atom stereocenters. The molecule has 0 bridgehead atoms. The summed E-state index contributed by atoms with van der Waals surface area (Å²) >= 11 is 0. The molecule has 1 heterocycles. The highest BCUT2D eigenvalue weighted by Gasteiger charge is 2.49. The lowest BCUT2D eigenvalue weighted by Gasteiger charge is -2.24. The van der Waals surface area contributed by atoms with Crippen LogP contribution in [0.5, 0.6) is 5.75 Å². The van der Waals surface area contributed by atoms with Crippen LogP contribution in [0.4, 0.5) is 4.79 Å². The number of nitriles is 1. The third-order valence-corrected chi connectivity index (χ3v) is 5.74. The Morgan fingerprint density at radius 2 is 2.03 bits per heavy atom. The third-order valence-electron chi connectivity index (χ3n) is 5.74. The Balaban J connectivity index is 1.60. The maximum atomic E-state index is 12.9. The van der Waals surface area contributed by atoms with E-state index in [2.05, 4.69) is 16.7 Å². The third kappa shape index (κ3) is 4.34. The first-order chi connectivity index (χ1) is 13.7. The summed E-state index contributed by atoms with van der Waals surface area (Å²) in [5.41, 5.74) is -1.03. The van der Waals surface area contributed by atoms with Gasteiger partial charge in [-0.1, -0.05) is 12.1 Å². The SMILES string of the molecule is COc1ccc(CC[C@]2(C)NC(=O)N(CC(=O)N[C@@](C)(C#N)C3CC3)C2=O)cc1. The van der Waals surface area contributed by atoms with Crippen LogP contribution in [0.15, 0.2) is 24.3 Å². The van der Waals surface area contributed by atoms with E-state index in [0.717, 1.165) is 29.1 Å². The summed E-state index contributed by atoms with van der Waals surface area (Å²) in [6.07, 6.45) is 2.76. The number of ether oxygens (including phenoxy) is 1. The smallest absolute Gasteiger partial charge is 0.325 e. The van der Waals surface area contributed by atoms with Crippen molar-refractivity contribution >= 4 is 17.8 Å². The van der Waals surface area contributed by atoms with Crippen molar-refractivity contribution in [2.45, 2.75) is 50.6 Å². The van der Waals surface area contributed by atoms with Gasteiger partial charge >= 0.3 is 6.03 Å². The summed E-state index contributed by atoms with van der Waals surface area (Å²) < 4.78 is 5.13. The number of amides is 4. The topological polar surface area (TPSA) is 112 Å². The summed E-state index contributed by atoms with van der Waals surface area (Å²) in [6.45, 7) is 2.94. The van der Waals surface area contributed by atoms with E-state index in [-0.39, 0.29) is 5.92 Å². The molecule has 1 aliphatic carbocycles. The van der Waals surface area contributed by atoms with Gasteiger partial charge in [0.15, 0.2) is 0 Å². The number of carbonyl (C=O) groups is 3. The van der Waals surface area contributed by atoms with Gasteiger partial charge in [-0.05, 0) is 63.1 Å². The Morgan fingerprint density at radius 3 is 2.59 bits per heavy atom. The molecule has 3 rings (SSSR count). The van der Waals surface area contributed by atoms with Gasteiger partial charge in [0.1, 0.15) is 23.4 Å². The number of imide groups is 1. The van der Waals surface area contributed by atoms with Crippen molar-refractivity contribution in [3.63, 3.8) is 0 Å². The quantitative estimate of drug-likeness (QED) is 0.648. The van der Waals surface area contributed by atoms with Gasteiger partial charge in [0.05, 0.1) is 13.2 Å². The fourth-order valence-electron chi connectivity index (χ4n) is 3.60. The van der Waals surface area contributed by atoms with Crippen LogP contribution in [0.25, 0.3) is 0 Å². The van der Waals surface area contributed by atoms with Crippen molar-refractivity contribution in [2.24, 2.45) is 5.92 Å². The summed E-state index contributed by atoms with van der Waals surface area (Å²) in [6, 6.07) is 9.06. The number of nitrogens with zero attached hydrogens (tertiary/aromatic N) is 2. The normalized spacial score (nSPS) is 23.2. The molecule has 1 saturated heterocycles. The number of aryl methyl sites for hydroxylation is 1. The van der Waals surface area contributed by atoms with Crippen LogP contribution in [0.3, 0.4) is 0 Å². The molecule has 0 aromatic heterocycles. The van der Waals surface area contributed by atoms with Crippen LogP contribution >= 0.6 is 0 Å². The highest BCUT2D eigenvalue weighted by Crippen LogP contribution is 2.39. The zero-order chi connectivity index (χ0) is 21.2. The number of hydrogen-bond acceptors (Lipinski definition) is 5. The average Bonchev–Trinajstić information content (AvgIpc) is 3.53. The number of carbonyl (C=O) groups excluding carboxylic acids is 3. The zero-order valence-corrected chi connectivity index (χ0v) is 16.9. The molecule has 2 atom stereocenters. The van der Waals surface area contributed by atoms with Gasteiger partial charge in [0.2, 0.25) is 5.91 Å². The molecule has 154 valence electrons. The standard InChI is InChI=1S/C21H26N4O4/c1-20(11-10-14-4-8-16(29-3)9-5-14)18(27)25(19(28)24-20)12-17(26)23-21(2,13-22)15-6-7-15/h4-5,8-9,15H,6-7,10-12H2,1-3H3,(H,23,26)(H,24,28)/t20-,21-/m0/s1. The molecule has 8 nitrogen and oxygen atoms in total. The van der Waals surface area contributed by atoms with Crippen LogP contribution in [0, 0.1) is 17.2 Å². The number of methoxy groups -OCH3 is 1. The summed E-state index contributed by atoms with van der Waals surface area (Å²) in [7, 11) is 1.59. The lowest BCUT2D eigenvalue weighted by atomic mass is 9.93. The minimum absolute atomic E-state index is 0.120. The Hall–Kier alpha value is -3.08. The summed E-state index contributed by atoms with van der Waals surface area (Å²) in [5.74, 6) is -0.0765. The van der Waals surface area contributed by atoms with E-state index >= 15 is 0 Å². The van der Waals surface area contributed by atoms with Crippen molar-refractivity contribution < 1.29 is 19.1 Å².